The summed E-state index contributed by atoms with van der Waals surface area (Å²) in [5.74, 6) is 1.92. The second kappa shape index (κ2) is 8.87. The van der Waals surface area contributed by atoms with Gasteiger partial charge in [0.05, 0.1) is 0 Å². The van der Waals surface area contributed by atoms with E-state index < -0.39 is 0 Å². The number of hydrogen-bond acceptors (Lipinski definition) is 0. The van der Waals surface area contributed by atoms with Crippen LogP contribution in [-0.4, -0.2) is 11.8 Å². The van der Waals surface area contributed by atoms with Crippen LogP contribution in [0.25, 0.3) is 0 Å². The highest BCUT2D eigenvalue weighted by Gasteiger charge is 2.32. The van der Waals surface area contributed by atoms with Crippen molar-refractivity contribution in [2.45, 2.75) is 51.4 Å². The first kappa shape index (κ1) is 16.9. The molecule has 0 saturated carbocycles. The van der Waals surface area contributed by atoms with Gasteiger partial charge in [0.1, 0.15) is 0 Å². The minimum absolute atomic E-state index is 0.0706. The maximum absolute atomic E-state index is 6.31. The summed E-state index contributed by atoms with van der Waals surface area (Å²) in [5.41, 5.74) is 1.22. The van der Waals surface area contributed by atoms with Crippen molar-refractivity contribution in [3.8, 4) is 0 Å². The van der Waals surface area contributed by atoms with Crippen molar-refractivity contribution < 1.29 is 0 Å². The Morgan fingerprint density at radius 3 is 2.16 bits per heavy atom. The molecule has 0 aliphatic rings. The Labute approximate surface area is 128 Å². The Balaban J connectivity index is 2.87. The van der Waals surface area contributed by atoms with E-state index in [1.807, 2.05) is 6.07 Å². The minimum atomic E-state index is -0.0706. The molecule has 0 amide bonds. The summed E-state index contributed by atoms with van der Waals surface area (Å²) in [4.78, 5) is 0. The van der Waals surface area contributed by atoms with Gasteiger partial charge in [-0.25, -0.2) is 0 Å². The fraction of sp³-hybridized carbons (Fsp3) is 0.647. The SMILES string of the molecule is CCCCC(CC)CC(CCl)(CCl)c1ccccc1. The smallest absolute Gasteiger partial charge is 0.0332 e. The van der Waals surface area contributed by atoms with Crippen LogP contribution in [0.2, 0.25) is 0 Å². The monoisotopic (exact) mass is 300 g/mol. The average molecular weight is 301 g/mol. The summed E-state index contributed by atoms with van der Waals surface area (Å²) in [6, 6.07) is 10.5. The van der Waals surface area contributed by atoms with Gasteiger partial charge in [0.2, 0.25) is 0 Å². The molecule has 1 rings (SSSR count). The molecule has 0 saturated heterocycles. The lowest BCUT2D eigenvalue weighted by atomic mass is 9.75. The second-order valence-corrected chi connectivity index (χ2v) is 6.07. The molecule has 0 aliphatic carbocycles. The molecule has 0 aromatic heterocycles. The molecular weight excluding hydrogens is 275 g/mol. The molecule has 2 heteroatoms. The number of hydrogen-bond donors (Lipinski definition) is 0. The maximum atomic E-state index is 6.31. The molecule has 19 heavy (non-hydrogen) atoms. The molecule has 0 N–H and O–H groups in total. The number of benzene rings is 1. The van der Waals surface area contributed by atoms with Gasteiger partial charge >= 0.3 is 0 Å². The Kier molecular flexibility index (Phi) is 7.87. The highest BCUT2D eigenvalue weighted by molar-refractivity contribution is 6.22. The van der Waals surface area contributed by atoms with Crippen LogP contribution in [0.4, 0.5) is 0 Å². The van der Waals surface area contributed by atoms with Gasteiger partial charge in [0.25, 0.3) is 0 Å². The highest BCUT2D eigenvalue weighted by atomic mass is 35.5. The first-order valence-corrected chi connectivity index (χ1v) is 8.46. The standard InChI is InChI=1S/C17H26Cl2/c1-3-5-9-15(4-2)12-17(13-18,14-19)16-10-7-6-8-11-16/h6-8,10-11,15H,3-5,9,12-14H2,1-2H3. The van der Waals surface area contributed by atoms with Crippen LogP contribution in [0.1, 0.15) is 51.5 Å². The van der Waals surface area contributed by atoms with Gasteiger partial charge in [-0.1, -0.05) is 69.9 Å². The fourth-order valence-electron chi connectivity index (χ4n) is 2.70. The zero-order valence-corrected chi connectivity index (χ0v) is 13.7. The lowest BCUT2D eigenvalue weighted by Crippen LogP contribution is -2.33. The van der Waals surface area contributed by atoms with E-state index in [9.17, 15) is 0 Å². The Hall–Kier alpha value is -0.200. The fourth-order valence-corrected chi connectivity index (χ4v) is 3.52. The molecule has 0 aliphatic heterocycles. The first-order valence-electron chi connectivity index (χ1n) is 7.39. The topological polar surface area (TPSA) is 0 Å². The quantitative estimate of drug-likeness (QED) is 0.490. The molecule has 1 aromatic carbocycles. The third-order valence-corrected chi connectivity index (χ3v) is 5.14. The molecule has 1 atom stereocenters. The molecule has 0 nitrogen and oxygen atoms in total. The second-order valence-electron chi connectivity index (χ2n) is 5.53. The summed E-state index contributed by atoms with van der Waals surface area (Å²) >= 11 is 12.6. The van der Waals surface area contributed by atoms with Crippen molar-refractivity contribution in [1.82, 2.24) is 0 Å². The number of halogens is 2. The van der Waals surface area contributed by atoms with E-state index in [0.717, 1.165) is 12.3 Å². The normalized spacial score (nSPS) is 13.5. The van der Waals surface area contributed by atoms with E-state index >= 15 is 0 Å². The molecule has 1 aromatic rings. The van der Waals surface area contributed by atoms with Crippen LogP contribution < -0.4 is 0 Å². The van der Waals surface area contributed by atoms with E-state index in [2.05, 4.69) is 38.1 Å². The lowest BCUT2D eigenvalue weighted by molar-refractivity contribution is 0.333. The van der Waals surface area contributed by atoms with Crippen LogP contribution in [0.15, 0.2) is 30.3 Å². The van der Waals surface area contributed by atoms with Crippen molar-refractivity contribution in [3.05, 3.63) is 35.9 Å². The van der Waals surface area contributed by atoms with Gasteiger partial charge in [-0.3, -0.25) is 0 Å². The molecule has 0 radical (unpaired) electrons. The van der Waals surface area contributed by atoms with Gasteiger partial charge in [0.15, 0.2) is 0 Å². The van der Waals surface area contributed by atoms with Crippen molar-refractivity contribution in [2.24, 2.45) is 5.92 Å². The van der Waals surface area contributed by atoms with E-state index in [1.54, 1.807) is 0 Å². The third-order valence-electron chi connectivity index (χ3n) is 4.12. The van der Waals surface area contributed by atoms with Gasteiger partial charge in [-0.05, 0) is 17.9 Å². The molecule has 0 spiro atoms. The number of alkyl halides is 2. The van der Waals surface area contributed by atoms with Crippen LogP contribution >= 0.6 is 23.2 Å². The van der Waals surface area contributed by atoms with Gasteiger partial charge < -0.3 is 0 Å². The predicted molar refractivity (Wildman–Crippen MR) is 87.5 cm³/mol. The van der Waals surface area contributed by atoms with Crippen LogP contribution in [0.5, 0.6) is 0 Å². The Bertz CT molecular complexity index is 330. The zero-order chi connectivity index (χ0) is 14.1. The third kappa shape index (κ3) is 4.68. The zero-order valence-electron chi connectivity index (χ0n) is 12.2. The van der Waals surface area contributed by atoms with Gasteiger partial charge in [-0.2, -0.15) is 0 Å². The first-order chi connectivity index (χ1) is 9.22. The van der Waals surface area contributed by atoms with Crippen molar-refractivity contribution in [2.75, 3.05) is 11.8 Å². The average Bonchev–Trinajstić information content (AvgIpc) is 2.49. The van der Waals surface area contributed by atoms with Gasteiger partial charge in [0, 0.05) is 17.2 Å². The van der Waals surface area contributed by atoms with E-state index in [1.165, 1.54) is 31.2 Å². The van der Waals surface area contributed by atoms with Crippen molar-refractivity contribution in [1.29, 1.82) is 0 Å². The van der Waals surface area contributed by atoms with Crippen molar-refractivity contribution >= 4 is 23.2 Å². The Morgan fingerprint density at radius 1 is 1.05 bits per heavy atom. The highest BCUT2D eigenvalue weighted by Crippen LogP contribution is 2.36. The predicted octanol–water partition coefficient (Wildman–Crippen LogP) is 6.01. The van der Waals surface area contributed by atoms with E-state index in [4.69, 9.17) is 23.2 Å². The van der Waals surface area contributed by atoms with Gasteiger partial charge in [-0.15, -0.1) is 23.2 Å². The minimum Gasteiger partial charge on any atom is -0.126 e. The summed E-state index contributed by atoms with van der Waals surface area (Å²) in [6.45, 7) is 4.53. The van der Waals surface area contributed by atoms with E-state index in [0.29, 0.717) is 11.8 Å². The summed E-state index contributed by atoms with van der Waals surface area (Å²) in [7, 11) is 0. The van der Waals surface area contributed by atoms with Crippen LogP contribution in [0, 0.1) is 5.92 Å². The lowest BCUT2D eigenvalue weighted by Gasteiger charge is -2.34. The molecule has 0 fully saturated rings. The number of rotatable bonds is 9. The molecule has 1 unspecified atom stereocenters. The Morgan fingerprint density at radius 2 is 1.68 bits per heavy atom. The molecule has 108 valence electrons. The molecule has 0 bridgehead atoms. The van der Waals surface area contributed by atoms with Crippen LogP contribution in [0.3, 0.4) is 0 Å². The number of unbranched alkanes of at least 4 members (excludes halogenated alkanes) is 1. The molecule has 0 heterocycles. The van der Waals surface area contributed by atoms with Crippen molar-refractivity contribution in [3.63, 3.8) is 0 Å². The molecular formula is C17H26Cl2. The van der Waals surface area contributed by atoms with E-state index in [-0.39, 0.29) is 5.41 Å². The summed E-state index contributed by atoms with van der Waals surface area (Å²) in [5, 5.41) is 0. The van der Waals surface area contributed by atoms with Crippen LogP contribution in [-0.2, 0) is 5.41 Å². The largest absolute Gasteiger partial charge is 0.126 e. The summed E-state index contributed by atoms with van der Waals surface area (Å²) < 4.78 is 0. The summed E-state index contributed by atoms with van der Waals surface area (Å²) in [6.07, 6.45) is 6.16. The maximum Gasteiger partial charge on any atom is 0.0332 e.